The van der Waals surface area contributed by atoms with E-state index in [0.717, 1.165) is 50.3 Å². The van der Waals surface area contributed by atoms with Crippen LogP contribution in [0.4, 0.5) is 11.4 Å². The van der Waals surface area contributed by atoms with E-state index >= 15 is 0 Å². The highest BCUT2D eigenvalue weighted by Crippen LogP contribution is 2.53. The molecule has 0 unspecified atom stereocenters. The van der Waals surface area contributed by atoms with Gasteiger partial charge < -0.3 is 14.4 Å². The second-order valence-corrected chi connectivity index (χ2v) is 13.8. The molecule has 4 rings (SSSR count). The molecule has 2 aliphatic heterocycles. The summed E-state index contributed by atoms with van der Waals surface area (Å²) in [5.41, 5.74) is 8.33. The molecule has 0 radical (unpaired) electrons. The summed E-state index contributed by atoms with van der Waals surface area (Å²) >= 11 is 0. The molecule has 4 nitrogen and oxygen atoms in total. The second kappa shape index (κ2) is 18.5. The van der Waals surface area contributed by atoms with Gasteiger partial charge in [0.2, 0.25) is 5.69 Å². The molecule has 0 amide bonds. The average Bonchev–Trinajstić information content (AvgIpc) is 3.56. The van der Waals surface area contributed by atoms with Crippen molar-refractivity contribution in [2.75, 3.05) is 32.2 Å². The predicted molar refractivity (Wildman–Crippen MR) is 211 cm³/mol. The van der Waals surface area contributed by atoms with Crippen LogP contribution in [0.15, 0.2) is 84.6 Å². The number of allylic oxidation sites excluding steroid dienone is 8. The van der Waals surface area contributed by atoms with Crippen molar-refractivity contribution in [3.8, 4) is 11.5 Å². The molecule has 0 spiro atoms. The van der Waals surface area contributed by atoms with Crippen molar-refractivity contribution in [2.45, 2.75) is 129 Å². The lowest BCUT2D eigenvalue weighted by atomic mass is 9.73. The highest BCUT2D eigenvalue weighted by atomic mass is 16.5. The van der Waals surface area contributed by atoms with E-state index in [1.54, 1.807) is 14.2 Å². The van der Waals surface area contributed by atoms with E-state index in [-0.39, 0.29) is 10.8 Å². The van der Waals surface area contributed by atoms with Crippen LogP contribution in [0, 0.1) is 0 Å². The molecule has 0 atom stereocenters. The highest BCUT2D eigenvalue weighted by molar-refractivity contribution is 6.04. The maximum Gasteiger partial charge on any atom is 0.210 e. The van der Waals surface area contributed by atoms with Crippen LogP contribution < -0.4 is 14.4 Å². The SMILES string of the molecule is CCCCCCN1C(=CC=CC=CC=CC2=[N+](CCCCCC)c3ccc(OC)cc3C2(CC)CC)C(CC)(CC)c2cc(OC)ccc21. The van der Waals surface area contributed by atoms with Gasteiger partial charge in [-0.1, -0.05) is 104 Å². The largest absolute Gasteiger partial charge is 0.497 e. The lowest BCUT2D eigenvalue weighted by Gasteiger charge is -2.32. The average molecular weight is 666 g/mol. The Balaban J connectivity index is 1.62. The molecule has 0 saturated heterocycles. The molecule has 0 N–H and O–H groups in total. The van der Waals surface area contributed by atoms with E-state index in [0.29, 0.717) is 0 Å². The number of hydrogen-bond acceptors (Lipinski definition) is 3. The van der Waals surface area contributed by atoms with E-state index in [1.807, 2.05) is 0 Å². The monoisotopic (exact) mass is 666 g/mol. The molecule has 266 valence electrons. The number of fused-ring (bicyclic) bond motifs is 2. The minimum atomic E-state index is -0.0103. The molecular formula is C45H65N2O2+. The van der Waals surface area contributed by atoms with Gasteiger partial charge in [-0.25, -0.2) is 0 Å². The van der Waals surface area contributed by atoms with Crippen LogP contribution in [-0.4, -0.2) is 37.6 Å². The van der Waals surface area contributed by atoms with Crippen molar-refractivity contribution in [3.63, 3.8) is 0 Å². The number of rotatable bonds is 20. The summed E-state index contributed by atoms with van der Waals surface area (Å²) in [5.74, 6) is 1.89. The Morgan fingerprint density at radius 3 is 1.86 bits per heavy atom. The van der Waals surface area contributed by atoms with E-state index in [9.17, 15) is 0 Å². The van der Waals surface area contributed by atoms with Crippen LogP contribution in [0.25, 0.3) is 0 Å². The third-order valence-corrected chi connectivity index (χ3v) is 11.4. The zero-order valence-electron chi connectivity index (χ0n) is 32.1. The summed E-state index contributed by atoms with van der Waals surface area (Å²) in [4.78, 5) is 2.60. The van der Waals surface area contributed by atoms with Gasteiger partial charge in [0.25, 0.3) is 0 Å². The van der Waals surface area contributed by atoms with Crippen molar-refractivity contribution >= 4 is 17.1 Å². The Bertz CT molecular complexity index is 1520. The fourth-order valence-corrected chi connectivity index (χ4v) is 8.42. The zero-order chi connectivity index (χ0) is 35.3. The number of ether oxygens (including phenoxy) is 2. The summed E-state index contributed by atoms with van der Waals surface area (Å²) in [6.45, 7) is 16.0. The van der Waals surface area contributed by atoms with Crippen molar-refractivity contribution in [1.29, 1.82) is 0 Å². The Labute approximate surface area is 299 Å². The van der Waals surface area contributed by atoms with Crippen LogP contribution in [0.5, 0.6) is 11.5 Å². The van der Waals surface area contributed by atoms with Gasteiger partial charge in [0.05, 0.1) is 19.6 Å². The second-order valence-electron chi connectivity index (χ2n) is 13.8. The summed E-state index contributed by atoms with van der Waals surface area (Å²) in [6.07, 6.45) is 30.1. The smallest absolute Gasteiger partial charge is 0.210 e. The number of nitrogens with zero attached hydrogens (tertiary/aromatic N) is 2. The van der Waals surface area contributed by atoms with Crippen molar-refractivity contribution < 1.29 is 14.0 Å². The first-order chi connectivity index (χ1) is 23.9. The molecule has 49 heavy (non-hydrogen) atoms. The molecule has 4 heteroatoms. The maximum absolute atomic E-state index is 5.69. The fraction of sp³-hybridized carbons (Fsp3) is 0.533. The summed E-state index contributed by atoms with van der Waals surface area (Å²) in [6, 6.07) is 13.4. The van der Waals surface area contributed by atoms with Gasteiger partial charge in [-0.2, -0.15) is 4.58 Å². The number of anilines is 1. The van der Waals surface area contributed by atoms with Gasteiger partial charge >= 0.3 is 0 Å². The van der Waals surface area contributed by atoms with E-state index in [2.05, 4.69) is 130 Å². The molecule has 0 fully saturated rings. The van der Waals surface area contributed by atoms with E-state index in [4.69, 9.17) is 9.47 Å². The third kappa shape index (κ3) is 7.95. The Kier molecular flexibility index (Phi) is 14.4. The topological polar surface area (TPSA) is 24.7 Å². The molecule has 2 aromatic carbocycles. The molecule has 2 heterocycles. The highest BCUT2D eigenvalue weighted by Gasteiger charge is 2.49. The molecule has 0 aliphatic carbocycles. The Morgan fingerprint density at radius 2 is 1.22 bits per heavy atom. The predicted octanol–water partition coefficient (Wildman–Crippen LogP) is 12.2. The van der Waals surface area contributed by atoms with Crippen molar-refractivity contribution in [3.05, 3.63) is 95.8 Å². The van der Waals surface area contributed by atoms with Crippen LogP contribution in [0.1, 0.15) is 130 Å². The standard InChI is InChI=1S/C45H65N2O2/c1-9-15-17-24-32-46-40-30-28-36(48-7)34-38(40)44(11-3,12-4)42(46)26-22-20-19-21-23-27-43-45(13-5,14-6)39-35-37(49-8)29-31-41(39)47(43)33-25-18-16-10-2/h19-23,26-31,34-35H,9-18,24-25,32-33H2,1-8H3/q+1. The number of methoxy groups -OCH3 is 2. The first kappa shape index (κ1) is 38.3. The number of unbranched alkanes of at least 4 members (excludes halogenated alkanes) is 6. The number of hydrogen-bond donors (Lipinski definition) is 0. The van der Waals surface area contributed by atoms with Gasteiger partial charge in [0.1, 0.15) is 18.0 Å². The van der Waals surface area contributed by atoms with Crippen LogP contribution in [0.2, 0.25) is 0 Å². The minimum Gasteiger partial charge on any atom is -0.497 e. The molecule has 0 bridgehead atoms. The number of benzene rings is 2. The first-order valence-corrected chi connectivity index (χ1v) is 19.5. The van der Waals surface area contributed by atoms with Gasteiger partial charge in [0, 0.05) is 47.5 Å². The van der Waals surface area contributed by atoms with Gasteiger partial charge in [-0.3, -0.25) is 0 Å². The van der Waals surface area contributed by atoms with Crippen LogP contribution >= 0.6 is 0 Å². The summed E-state index contributed by atoms with van der Waals surface area (Å²) in [7, 11) is 3.55. The zero-order valence-corrected chi connectivity index (χ0v) is 32.1. The van der Waals surface area contributed by atoms with Gasteiger partial charge in [-0.05, 0) is 80.5 Å². The normalized spacial score (nSPS) is 17.3. The van der Waals surface area contributed by atoms with E-state index < -0.39 is 0 Å². The summed E-state index contributed by atoms with van der Waals surface area (Å²) < 4.78 is 14.0. The molecular weight excluding hydrogens is 601 g/mol. The van der Waals surface area contributed by atoms with E-state index in [1.165, 1.54) is 85.3 Å². The lowest BCUT2D eigenvalue weighted by Crippen LogP contribution is -2.33. The maximum atomic E-state index is 5.69. The molecule has 2 aromatic rings. The Hall–Kier alpha value is -3.53. The molecule has 0 aromatic heterocycles. The van der Waals surface area contributed by atoms with Crippen molar-refractivity contribution in [1.82, 2.24) is 0 Å². The lowest BCUT2D eigenvalue weighted by molar-refractivity contribution is -0.438. The van der Waals surface area contributed by atoms with Crippen LogP contribution in [0.3, 0.4) is 0 Å². The van der Waals surface area contributed by atoms with Crippen molar-refractivity contribution in [2.24, 2.45) is 0 Å². The summed E-state index contributed by atoms with van der Waals surface area (Å²) in [5, 5.41) is 0. The third-order valence-electron chi connectivity index (χ3n) is 11.4. The minimum absolute atomic E-state index is 0.0103. The quantitative estimate of drug-likeness (QED) is 0.0799. The van der Waals surface area contributed by atoms with Gasteiger partial charge in [-0.15, -0.1) is 0 Å². The first-order valence-electron chi connectivity index (χ1n) is 19.5. The molecule has 0 saturated carbocycles. The van der Waals surface area contributed by atoms with Gasteiger partial charge in [0.15, 0.2) is 5.71 Å². The molecule has 2 aliphatic rings. The van der Waals surface area contributed by atoms with Crippen LogP contribution in [-0.2, 0) is 10.8 Å². The fourth-order valence-electron chi connectivity index (χ4n) is 8.42. The Morgan fingerprint density at radius 1 is 0.633 bits per heavy atom.